The molecule has 0 bridgehead atoms. The number of rotatable bonds is 4. The molecule has 0 fully saturated rings. The number of para-hydroxylation sites is 3. The second-order valence-corrected chi connectivity index (χ2v) is 6.65. The Morgan fingerprint density at radius 3 is 2.54 bits per heavy atom. The molecule has 4 aromatic rings. The van der Waals surface area contributed by atoms with Crippen molar-refractivity contribution in [2.45, 2.75) is 4.90 Å². The van der Waals surface area contributed by atoms with Gasteiger partial charge >= 0.3 is 0 Å². The first-order chi connectivity index (χ1) is 12.8. The van der Waals surface area contributed by atoms with Crippen LogP contribution in [-0.4, -0.2) is 22.1 Å². The summed E-state index contributed by atoms with van der Waals surface area (Å²) in [5, 5.41) is 3.03. The van der Waals surface area contributed by atoms with Crippen molar-refractivity contribution in [3.63, 3.8) is 0 Å². The summed E-state index contributed by atoms with van der Waals surface area (Å²) in [4.78, 5) is 21.7. The molecule has 0 saturated heterocycles. The van der Waals surface area contributed by atoms with Crippen LogP contribution in [-0.2, 0) is 0 Å². The number of hydrogen-bond donors (Lipinski definition) is 2. The number of H-pyrrole nitrogens is 1. The lowest BCUT2D eigenvalue weighted by Gasteiger charge is -2.11. The van der Waals surface area contributed by atoms with E-state index < -0.39 is 0 Å². The lowest BCUT2D eigenvalue weighted by molar-refractivity contribution is 0.102. The number of fused-ring (bicyclic) bond motifs is 1. The molecule has 1 aromatic heterocycles. The molecule has 0 radical (unpaired) electrons. The van der Waals surface area contributed by atoms with Crippen molar-refractivity contribution < 1.29 is 4.79 Å². The van der Waals surface area contributed by atoms with Gasteiger partial charge in [0.05, 0.1) is 22.3 Å². The van der Waals surface area contributed by atoms with Gasteiger partial charge in [0.2, 0.25) is 0 Å². The zero-order valence-electron chi connectivity index (χ0n) is 14.2. The van der Waals surface area contributed by atoms with Gasteiger partial charge in [-0.3, -0.25) is 4.79 Å². The van der Waals surface area contributed by atoms with Crippen LogP contribution in [0.5, 0.6) is 0 Å². The third-order valence-corrected chi connectivity index (χ3v) is 4.97. The molecule has 1 amide bonds. The van der Waals surface area contributed by atoms with Gasteiger partial charge in [0.25, 0.3) is 5.91 Å². The van der Waals surface area contributed by atoms with Crippen LogP contribution in [0.25, 0.3) is 22.4 Å². The largest absolute Gasteiger partial charge is 0.338 e. The third kappa shape index (κ3) is 3.09. The van der Waals surface area contributed by atoms with E-state index in [2.05, 4.69) is 15.3 Å². The highest BCUT2D eigenvalue weighted by molar-refractivity contribution is 7.98. The van der Waals surface area contributed by atoms with E-state index in [9.17, 15) is 4.79 Å². The highest BCUT2D eigenvalue weighted by Crippen LogP contribution is 2.29. The first-order valence-corrected chi connectivity index (χ1v) is 9.47. The predicted molar refractivity (Wildman–Crippen MR) is 108 cm³/mol. The summed E-state index contributed by atoms with van der Waals surface area (Å²) >= 11 is 1.56. The molecular formula is C21H17N3OS. The molecule has 26 heavy (non-hydrogen) atoms. The topological polar surface area (TPSA) is 57.8 Å². The van der Waals surface area contributed by atoms with Gasteiger partial charge in [0, 0.05) is 10.5 Å². The molecule has 0 aliphatic carbocycles. The fourth-order valence-electron chi connectivity index (χ4n) is 2.90. The number of nitrogens with zero attached hydrogens (tertiary/aromatic N) is 1. The maximum atomic E-state index is 12.8. The third-order valence-electron chi connectivity index (χ3n) is 4.17. The normalized spacial score (nSPS) is 10.8. The van der Waals surface area contributed by atoms with Crippen molar-refractivity contribution in [3.8, 4) is 11.4 Å². The molecule has 3 aromatic carbocycles. The maximum Gasteiger partial charge on any atom is 0.256 e. The van der Waals surface area contributed by atoms with E-state index in [0.717, 1.165) is 33.0 Å². The summed E-state index contributed by atoms with van der Waals surface area (Å²) < 4.78 is 0. The van der Waals surface area contributed by atoms with E-state index in [0.29, 0.717) is 5.56 Å². The van der Waals surface area contributed by atoms with E-state index in [1.54, 1.807) is 11.8 Å². The standard InChI is InChI=1S/C21H17N3OS/c1-26-19-13-7-3-9-15(19)21(25)24-16-10-4-2-8-14(16)20-22-17-11-5-6-12-18(17)23-20/h2-13H,1H3,(H,22,23)(H,24,25). The van der Waals surface area contributed by atoms with E-state index in [1.807, 2.05) is 79.1 Å². The van der Waals surface area contributed by atoms with Crippen molar-refractivity contribution >= 4 is 34.4 Å². The number of thioether (sulfide) groups is 1. The molecule has 4 rings (SSSR count). The van der Waals surface area contributed by atoms with E-state index in [-0.39, 0.29) is 5.91 Å². The second-order valence-electron chi connectivity index (χ2n) is 5.80. The number of carbonyl (C=O) groups excluding carboxylic acids is 1. The Bertz CT molecular complexity index is 1050. The number of imidazole rings is 1. The van der Waals surface area contributed by atoms with Gasteiger partial charge in [-0.2, -0.15) is 0 Å². The molecule has 0 aliphatic heterocycles. The van der Waals surface area contributed by atoms with Gasteiger partial charge in [-0.05, 0) is 42.7 Å². The van der Waals surface area contributed by atoms with Crippen LogP contribution in [0.2, 0.25) is 0 Å². The molecule has 4 nitrogen and oxygen atoms in total. The lowest BCUT2D eigenvalue weighted by Crippen LogP contribution is -2.13. The van der Waals surface area contributed by atoms with Gasteiger partial charge < -0.3 is 10.3 Å². The number of nitrogens with one attached hydrogen (secondary N) is 2. The number of aromatic amines is 1. The van der Waals surface area contributed by atoms with Gasteiger partial charge in [-0.25, -0.2) is 4.98 Å². The van der Waals surface area contributed by atoms with Crippen molar-refractivity contribution in [2.24, 2.45) is 0 Å². The molecule has 0 spiro atoms. The van der Waals surface area contributed by atoms with Gasteiger partial charge in [-0.15, -0.1) is 11.8 Å². The molecule has 0 aliphatic rings. The van der Waals surface area contributed by atoms with Crippen LogP contribution < -0.4 is 5.32 Å². The first kappa shape index (κ1) is 16.4. The zero-order chi connectivity index (χ0) is 17.9. The summed E-state index contributed by atoms with van der Waals surface area (Å²) in [6.45, 7) is 0. The molecule has 0 unspecified atom stereocenters. The van der Waals surface area contributed by atoms with Crippen LogP contribution in [0.3, 0.4) is 0 Å². The van der Waals surface area contributed by atoms with Crippen LogP contribution >= 0.6 is 11.8 Å². The molecule has 2 N–H and O–H groups in total. The van der Waals surface area contributed by atoms with E-state index in [1.165, 1.54) is 0 Å². The van der Waals surface area contributed by atoms with Crippen LogP contribution in [0.4, 0.5) is 5.69 Å². The van der Waals surface area contributed by atoms with Crippen LogP contribution in [0.15, 0.2) is 77.7 Å². The fourth-order valence-corrected chi connectivity index (χ4v) is 3.50. The molecule has 1 heterocycles. The van der Waals surface area contributed by atoms with E-state index >= 15 is 0 Å². The quantitative estimate of drug-likeness (QED) is 0.492. The molecule has 128 valence electrons. The average Bonchev–Trinajstić information content (AvgIpc) is 3.12. The lowest BCUT2D eigenvalue weighted by atomic mass is 10.1. The van der Waals surface area contributed by atoms with Crippen molar-refractivity contribution in [3.05, 3.63) is 78.4 Å². The van der Waals surface area contributed by atoms with Crippen LogP contribution in [0.1, 0.15) is 10.4 Å². The number of anilines is 1. The summed E-state index contributed by atoms with van der Waals surface area (Å²) in [6, 6.07) is 23.2. The Hall–Kier alpha value is -3.05. The number of amides is 1. The fraction of sp³-hybridized carbons (Fsp3) is 0.0476. The van der Waals surface area contributed by atoms with Crippen molar-refractivity contribution in [1.29, 1.82) is 0 Å². The van der Waals surface area contributed by atoms with Crippen molar-refractivity contribution in [2.75, 3.05) is 11.6 Å². The minimum absolute atomic E-state index is 0.126. The Morgan fingerprint density at radius 1 is 0.962 bits per heavy atom. The predicted octanol–water partition coefficient (Wildman–Crippen LogP) is 5.20. The smallest absolute Gasteiger partial charge is 0.256 e. The monoisotopic (exact) mass is 359 g/mol. The molecule has 5 heteroatoms. The number of aromatic nitrogens is 2. The van der Waals surface area contributed by atoms with Crippen molar-refractivity contribution in [1.82, 2.24) is 9.97 Å². The maximum absolute atomic E-state index is 12.8. The Balaban J connectivity index is 1.71. The second kappa shape index (κ2) is 7.06. The molecule has 0 saturated carbocycles. The minimum atomic E-state index is -0.126. The Labute approximate surface area is 155 Å². The average molecular weight is 359 g/mol. The molecular weight excluding hydrogens is 342 g/mol. The minimum Gasteiger partial charge on any atom is -0.338 e. The number of carbonyl (C=O) groups is 1. The SMILES string of the molecule is CSc1ccccc1C(=O)Nc1ccccc1-c1nc2ccccc2[nH]1. The highest BCUT2D eigenvalue weighted by atomic mass is 32.2. The molecule has 0 atom stereocenters. The van der Waals surface area contributed by atoms with Crippen LogP contribution in [0, 0.1) is 0 Å². The number of benzene rings is 3. The number of hydrogen-bond acceptors (Lipinski definition) is 3. The zero-order valence-corrected chi connectivity index (χ0v) is 15.0. The summed E-state index contributed by atoms with van der Waals surface area (Å²) in [5.74, 6) is 0.610. The summed E-state index contributed by atoms with van der Waals surface area (Å²) in [5.41, 5.74) is 4.12. The summed E-state index contributed by atoms with van der Waals surface area (Å²) in [7, 11) is 0. The Morgan fingerprint density at radius 2 is 1.69 bits per heavy atom. The Kier molecular flexibility index (Phi) is 4.46. The first-order valence-electron chi connectivity index (χ1n) is 8.25. The van der Waals surface area contributed by atoms with Gasteiger partial charge in [-0.1, -0.05) is 36.4 Å². The highest BCUT2D eigenvalue weighted by Gasteiger charge is 2.14. The summed E-state index contributed by atoms with van der Waals surface area (Å²) in [6.07, 6.45) is 1.97. The van der Waals surface area contributed by atoms with Gasteiger partial charge in [0.15, 0.2) is 0 Å². The van der Waals surface area contributed by atoms with E-state index in [4.69, 9.17) is 0 Å². The van der Waals surface area contributed by atoms with Gasteiger partial charge in [0.1, 0.15) is 5.82 Å².